The molecule has 2 aliphatic rings. The lowest BCUT2D eigenvalue weighted by molar-refractivity contribution is 0.0624. The molecular formula is C14H12N4O. The molecule has 0 fully saturated rings. The Balaban J connectivity index is 1.94. The van der Waals surface area contributed by atoms with E-state index in [0.717, 1.165) is 0 Å². The van der Waals surface area contributed by atoms with Gasteiger partial charge >= 0.3 is 0 Å². The summed E-state index contributed by atoms with van der Waals surface area (Å²) in [5, 5.41) is 11.2. The number of fused-ring (bicyclic) bond motifs is 1. The molecule has 1 amide bonds. The van der Waals surface area contributed by atoms with Crippen molar-refractivity contribution < 1.29 is 4.79 Å². The van der Waals surface area contributed by atoms with Crippen LogP contribution in [0.15, 0.2) is 65.1 Å². The summed E-state index contributed by atoms with van der Waals surface area (Å²) in [5.41, 5.74) is 1.96. The normalized spacial score (nSPS) is 17.2. The molecule has 2 aliphatic heterocycles. The fourth-order valence-corrected chi connectivity index (χ4v) is 1.94. The molecule has 1 aromatic carbocycles. The quantitative estimate of drug-likeness (QED) is 0.769. The lowest BCUT2D eigenvalue weighted by atomic mass is 10.2. The van der Waals surface area contributed by atoms with Crippen LogP contribution >= 0.6 is 0 Å². The number of nitrogens with zero attached hydrogens (tertiary/aromatic N) is 4. The molecule has 2 heterocycles. The number of hydrogen-bond donors (Lipinski definition) is 0. The molecule has 0 radical (unpaired) electrons. The zero-order chi connectivity index (χ0) is 13.4. The van der Waals surface area contributed by atoms with Gasteiger partial charge in [-0.2, -0.15) is 5.10 Å². The highest BCUT2D eigenvalue weighted by atomic mass is 16.2. The predicted molar refractivity (Wildman–Crippen MR) is 73.3 cm³/mol. The van der Waals surface area contributed by atoms with Gasteiger partial charge in [0.05, 0.1) is 11.4 Å². The second-order valence-corrected chi connectivity index (χ2v) is 4.23. The van der Waals surface area contributed by atoms with E-state index in [4.69, 9.17) is 0 Å². The molecule has 0 saturated heterocycles. The Labute approximate surface area is 110 Å². The van der Waals surface area contributed by atoms with Crippen molar-refractivity contribution in [3.8, 4) is 0 Å². The summed E-state index contributed by atoms with van der Waals surface area (Å²) in [4.78, 5) is 12.5. The molecule has 0 atom stereocenters. The zero-order valence-electron chi connectivity index (χ0n) is 10.4. The third kappa shape index (κ3) is 1.76. The summed E-state index contributed by atoms with van der Waals surface area (Å²) in [5.74, 6) is 0.470. The van der Waals surface area contributed by atoms with Gasteiger partial charge in [0.2, 0.25) is 0 Å². The van der Waals surface area contributed by atoms with Crippen molar-refractivity contribution in [3.63, 3.8) is 0 Å². The van der Waals surface area contributed by atoms with Gasteiger partial charge in [0.25, 0.3) is 5.91 Å². The Morgan fingerprint density at radius 2 is 1.95 bits per heavy atom. The van der Waals surface area contributed by atoms with Crippen molar-refractivity contribution in [2.24, 2.45) is 10.2 Å². The summed E-state index contributed by atoms with van der Waals surface area (Å²) in [6, 6.07) is 9.09. The molecule has 0 unspecified atom stereocenters. The molecule has 5 nitrogen and oxygen atoms in total. The first-order valence-electron chi connectivity index (χ1n) is 5.87. The van der Waals surface area contributed by atoms with E-state index >= 15 is 0 Å². The van der Waals surface area contributed by atoms with Gasteiger partial charge in [0.15, 0.2) is 5.84 Å². The Morgan fingerprint density at radius 3 is 2.68 bits per heavy atom. The van der Waals surface area contributed by atoms with Crippen LogP contribution in [0.4, 0.5) is 0 Å². The van der Waals surface area contributed by atoms with Crippen LogP contribution in [-0.2, 0) is 0 Å². The van der Waals surface area contributed by atoms with Crippen molar-refractivity contribution in [3.05, 3.63) is 60.4 Å². The zero-order valence-corrected chi connectivity index (χ0v) is 10.4. The Morgan fingerprint density at radius 1 is 1.21 bits per heavy atom. The highest BCUT2D eigenvalue weighted by Crippen LogP contribution is 2.23. The van der Waals surface area contributed by atoms with E-state index in [2.05, 4.69) is 16.8 Å². The molecule has 3 rings (SSSR count). The fourth-order valence-electron chi connectivity index (χ4n) is 1.94. The van der Waals surface area contributed by atoms with Gasteiger partial charge < -0.3 is 0 Å². The van der Waals surface area contributed by atoms with Crippen LogP contribution in [-0.4, -0.2) is 27.5 Å². The summed E-state index contributed by atoms with van der Waals surface area (Å²) in [7, 11) is 0. The number of hydrazine groups is 1. The second-order valence-electron chi connectivity index (χ2n) is 4.23. The number of carbonyl (C=O) groups excluding carboxylic acids is 1. The number of carbonyl (C=O) groups is 1. The molecule has 0 aliphatic carbocycles. The van der Waals surface area contributed by atoms with Crippen LogP contribution in [0.3, 0.4) is 0 Å². The second kappa shape index (κ2) is 4.20. The standard InChI is InChI=1S/C14H12N4O/c1-10-11(2)18-13(16-15-10)8-9-17(18)14(19)12-6-4-3-5-7-12/h3-9H,2H2,1H3. The van der Waals surface area contributed by atoms with Crippen molar-refractivity contribution in [2.75, 3.05) is 0 Å². The number of benzene rings is 1. The topological polar surface area (TPSA) is 48.3 Å². The maximum Gasteiger partial charge on any atom is 0.276 e. The van der Waals surface area contributed by atoms with Crippen LogP contribution in [0.25, 0.3) is 0 Å². The summed E-state index contributed by atoms with van der Waals surface area (Å²) in [6.45, 7) is 5.76. The van der Waals surface area contributed by atoms with Gasteiger partial charge in [-0.15, -0.1) is 5.10 Å². The smallest absolute Gasteiger partial charge is 0.267 e. The van der Waals surface area contributed by atoms with Gasteiger partial charge in [-0.25, -0.2) is 10.0 Å². The Kier molecular flexibility index (Phi) is 2.52. The molecule has 0 saturated carbocycles. The van der Waals surface area contributed by atoms with Gasteiger partial charge in [-0.1, -0.05) is 24.8 Å². The van der Waals surface area contributed by atoms with Crippen LogP contribution < -0.4 is 0 Å². The maximum atomic E-state index is 12.5. The SMILES string of the molecule is C=C1C(C)=NN=C2C=CN(C(=O)c3ccccc3)N12. The van der Waals surface area contributed by atoms with E-state index in [1.807, 2.05) is 25.1 Å². The molecule has 94 valence electrons. The lowest BCUT2D eigenvalue weighted by Gasteiger charge is -2.31. The van der Waals surface area contributed by atoms with Crippen molar-refractivity contribution in [1.29, 1.82) is 0 Å². The van der Waals surface area contributed by atoms with Gasteiger partial charge in [0.1, 0.15) is 0 Å². The molecule has 0 spiro atoms. The molecule has 0 N–H and O–H groups in total. The third-order valence-electron chi connectivity index (χ3n) is 3.00. The molecule has 0 aromatic heterocycles. The fraction of sp³-hybridized carbons (Fsp3) is 0.0714. The maximum absolute atomic E-state index is 12.5. The number of rotatable bonds is 1. The first-order valence-corrected chi connectivity index (χ1v) is 5.87. The van der Waals surface area contributed by atoms with E-state index < -0.39 is 0 Å². The first kappa shape index (κ1) is 11.4. The number of allylic oxidation sites excluding steroid dienone is 1. The van der Waals surface area contributed by atoms with Gasteiger partial charge in [-0.3, -0.25) is 4.79 Å². The predicted octanol–water partition coefficient (Wildman–Crippen LogP) is 2.17. The van der Waals surface area contributed by atoms with E-state index in [1.54, 1.807) is 29.4 Å². The minimum absolute atomic E-state index is 0.127. The average Bonchev–Trinajstić information content (AvgIpc) is 2.88. The number of amidine groups is 1. The van der Waals surface area contributed by atoms with E-state index in [-0.39, 0.29) is 5.91 Å². The lowest BCUT2D eigenvalue weighted by Crippen LogP contribution is -2.44. The van der Waals surface area contributed by atoms with Crippen molar-refractivity contribution in [2.45, 2.75) is 6.92 Å². The van der Waals surface area contributed by atoms with Crippen molar-refractivity contribution >= 4 is 17.5 Å². The summed E-state index contributed by atoms with van der Waals surface area (Å²) >= 11 is 0. The van der Waals surface area contributed by atoms with Crippen LogP contribution in [0.2, 0.25) is 0 Å². The number of hydrogen-bond acceptors (Lipinski definition) is 4. The van der Waals surface area contributed by atoms with Crippen LogP contribution in [0.5, 0.6) is 0 Å². The largest absolute Gasteiger partial charge is 0.276 e. The third-order valence-corrected chi connectivity index (χ3v) is 3.00. The Bertz CT molecular complexity index is 643. The van der Waals surface area contributed by atoms with Gasteiger partial charge in [-0.05, 0) is 19.1 Å². The first-order chi connectivity index (χ1) is 9.18. The van der Waals surface area contributed by atoms with E-state index in [1.165, 1.54) is 5.01 Å². The monoisotopic (exact) mass is 252 g/mol. The van der Waals surface area contributed by atoms with Crippen LogP contribution in [0.1, 0.15) is 17.3 Å². The van der Waals surface area contributed by atoms with Crippen molar-refractivity contribution in [1.82, 2.24) is 10.0 Å². The van der Waals surface area contributed by atoms with E-state index in [0.29, 0.717) is 22.8 Å². The molecule has 5 heteroatoms. The molecule has 0 bridgehead atoms. The average molecular weight is 252 g/mol. The minimum atomic E-state index is -0.127. The van der Waals surface area contributed by atoms with E-state index in [9.17, 15) is 4.79 Å². The van der Waals surface area contributed by atoms with Crippen LogP contribution in [0, 0.1) is 0 Å². The Hall–Kier alpha value is -2.69. The molecule has 19 heavy (non-hydrogen) atoms. The molecular weight excluding hydrogens is 240 g/mol. The summed E-state index contributed by atoms with van der Waals surface area (Å²) < 4.78 is 0. The summed E-state index contributed by atoms with van der Waals surface area (Å²) in [6.07, 6.45) is 3.41. The number of amides is 1. The highest BCUT2D eigenvalue weighted by Gasteiger charge is 2.32. The minimum Gasteiger partial charge on any atom is -0.267 e. The van der Waals surface area contributed by atoms with Gasteiger partial charge in [0, 0.05) is 17.8 Å². The highest BCUT2D eigenvalue weighted by molar-refractivity contribution is 6.10. The molecule has 1 aromatic rings.